The lowest BCUT2D eigenvalue weighted by Crippen LogP contribution is -2.41. The molecule has 0 saturated carbocycles. The lowest BCUT2D eigenvalue weighted by molar-refractivity contribution is -0.0390. The van der Waals surface area contributed by atoms with Crippen LogP contribution in [0, 0.1) is 5.92 Å². The number of benzene rings is 1. The molecule has 0 amide bonds. The van der Waals surface area contributed by atoms with Gasteiger partial charge in [0.2, 0.25) is 0 Å². The second-order valence-electron chi connectivity index (χ2n) is 7.45. The molecule has 1 aromatic rings. The molecule has 1 atom stereocenters. The quantitative estimate of drug-likeness (QED) is 0.586. The van der Waals surface area contributed by atoms with E-state index in [1.807, 2.05) is 7.05 Å². The number of nitrogens with one attached hydrogen (secondary N) is 1. The number of nitrogens with zero attached hydrogens (tertiary/aromatic N) is 2. The maximum atomic E-state index is 6.04. The maximum absolute atomic E-state index is 6.04. The minimum Gasteiger partial charge on any atom is -0.381 e. The predicted octanol–water partition coefficient (Wildman–Crippen LogP) is 2.43. The number of guanidine groups is 1. The van der Waals surface area contributed by atoms with E-state index in [0.717, 1.165) is 64.7 Å². The molecule has 2 saturated heterocycles. The third-order valence-corrected chi connectivity index (χ3v) is 5.23. The Morgan fingerprint density at radius 2 is 1.96 bits per heavy atom. The van der Waals surface area contributed by atoms with Gasteiger partial charge in [0.15, 0.2) is 5.96 Å². The van der Waals surface area contributed by atoms with Gasteiger partial charge in [-0.3, -0.25) is 4.99 Å². The van der Waals surface area contributed by atoms with E-state index in [2.05, 4.69) is 46.5 Å². The number of hydrogen-bond acceptors (Lipinski definition) is 4. The summed E-state index contributed by atoms with van der Waals surface area (Å²) in [6, 6.07) is 8.58. The second kappa shape index (κ2) is 10.6. The van der Waals surface area contributed by atoms with E-state index >= 15 is 0 Å². The topological polar surface area (TPSA) is 55.3 Å². The Bertz CT molecular complexity index is 596. The second-order valence-corrected chi connectivity index (χ2v) is 7.45. The van der Waals surface area contributed by atoms with Crippen LogP contribution in [0.1, 0.15) is 30.4 Å². The number of ether oxygens (including phenoxy) is 3. The standard InChI is InChI=1S/C21H33N3O3/c1-22-21(24(2)14-19-6-9-26-15-19)23-13-17-4-3-5-18(12-17)16-27-20-7-10-25-11-8-20/h3-5,12,19-20H,6-11,13-16H2,1-2H3,(H,22,23). The smallest absolute Gasteiger partial charge is 0.193 e. The Hall–Kier alpha value is -1.63. The molecule has 2 fully saturated rings. The first-order chi connectivity index (χ1) is 13.2. The summed E-state index contributed by atoms with van der Waals surface area (Å²) in [5, 5.41) is 3.47. The normalized spacial score (nSPS) is 21.4. The third kappa shape index (κ3) is 6.48. The Morgan fingerprint density at radius 1 is 1.19 bits per heavy atom. The number of rotatable bonds is 7. The van der Waals surface area contributed by atoms with E-state index in [1.54, 1.807) is 0 Å². The van der Waals surface area contributed by atoms with Crippen molar-refractivity contribution in [3.63, 3.8) is 0 Å². The van der Waals surface area contributed by atoms with Crippen LogP contribution in [0.5, 0.6) is 0 Å². The third-order valence-electron chi connectivity index (χ3n) is 5.23. The van der Waals surface area contributed by atoms with Crippen molar-refractivity contribution >= 4 is 5.96 Å². The summed E-state index contributed by atoms with van der Waals surface area (Å²) in [5.41, 5.74) is 2.45. The monoisotopic (exact) mass is 375 g/mol. The molecule has 1 unspecified atom stereocenters. The highest BCUT2D eigenvalue weighted by molar-refractivity contribution is 5.79. The summed E-state index contributed by atoms with van der Waals surface area (Å²) in [7, 11) is 3.92. The van der Waals surface area contributed by atoms with Crippen molar-refractivity contribution in [2.45, 2.75) is 38.5 Å². The Kier molecular flexibility index (Phi) is 7.93. The van der Waals surface area contributed by atoms with E-state index in [4.69, 9.17) is 14.2 Å². The fraction of sp³-hybridized carbons (Fsp3) is 0.667. The fourth-order valence-corrected chi connectivity index (χ4v) is 3.65. The maximum Gasteiger partial charge on any atom is 0.193 e. The predicted molar refractivity (Wildman–Crippen MR) is 107 cm³/mol. The molecule has 2 heterocycles. The first kappa shape index (κ1) is 20.1. The van der Waals surface area contributed by atoms with Gasteiger partial charge in [0.05, 0.1) is 19.3 Å². The molecule has 1 aromatic carbocycles. The van der Waals surface area contributed by atoms with Gasteiger partial charge in [-0.2, -0.15) is 0 Å². The van der Waals surface area contributed by atoms with Crippen molar-refractivity contribution in [1.82, 2.24) is 10.2 Å². The summed E-state index contributed by atoms with van der Waals surface area (Å²) in [4.78, 5) is 6.61. The largest absolute Gasteiger partial charge is 0.381 e. The van der Waals surface area contributed by atoms with E-state index in [1.165, 1.54) is 11.1 Å². The van der Waals surface area contributed by atoms with Gasteiger partial charge in [-0.15, -0.1) is 0 Å². The SMILES string of the molecule is CN=C(NCc1cccc(COC2CCOCC2)c1)N(C)CC1CCOC1. The van der Waals surface area contributed by atoms with Crippen molar-refractivity contribution < 1.29 is 14.2 Å². The van der Waals surface area contributed by atoms with Crippen molar-refractivity contribution in [3.05, 3.63) is 35.4 Å². The lowest BCUT2D eigenvalue weighted by atomic mass is 10.1. The minimum absolute atomic E-state index is 0.326. The first-order valence-corrected chi connectivity index (χ1v) is 10.0. The van der Waals surface area contributed by atoms with E-state index in [0.29, 0.717) is 18.6 Å². The molecule has 6 heteroatoms. The molecule has 0 aromatic heterocycles. The van der Waals surface area contributed by atoms with Crippen LogP contribution in [-0.4, -0.2) is 64.0 Å². The zero-order valence-corrected chi connectivity index (χ0v) is 16.7. The summed E-state index contributed by atoms with van der Waals surface area (Å²) in [6.07, 6.45) is 3.45. The molecule has 0 bridgehead atoms. The Labute approximate surface area is 162 Å². The van der Waals surface area contributed by atoms with Gasteiger partial charge in [-0.05, 0) is 30.4 Å². The highest BCUT2D eigenvalue weighted by atomic mass is 16.5. The van der Waals surface area contributed by atoms with Crippen molar-refractivity contribution in [1.29, 1.82) is 0 Å². The van der Waals surface area contributed by atoms with Crippen LogP contribution in [0.15, 0.2) is 29.3 Å². The van der Waals surface area contributed by atoms with Crippen LogP contribution in [0.25, 0.3) is 0 Å². The van der Waals surface area contributed by atoms with Gasteiger partial charge in [0.25, 0.3) is 0 Å². The molecule has 3 rings (SSSR count). The first-order valence-electron chi connectivity index (χ1n) is 10.0. The van der Waals surface area contributed by atoms with Gasteiger partial charge >= 0.3 is 0 Å². The van der Waals surface area contributed by atoms with Crippen LogP contribution in [0.4, 0.5) is 0 Å². The summed E-state index contributed by atoms with van der Waals surface area (Å²) < 4.78 is 16.9. The average molecular weight is 376 g/mol. The molecular weight excluding hydrogens is 342 g/mol. The fourth-order valence-electron chi connectivity index (χ4n) is 3.65. The average Bonchev–Trinajstić information content (AvgIpc) is 3.21. The van der Waals surface area contributed by atoms with Gasteiger partial charge in [0.1, 0.15) is 0 Å². The van der Waals surface area contributed by atoms with Crippen molar-refractivity contribution in [3.8, 4) is 0 Å². The molecule has 27 heavy (non-hydrogen) atoms. The molecular formula is C21H33N3O3. The lowest BCUT2D eigenvalue weighted by Gasteiger charge is -2.24. The summed E-state index contributed by atoms with van der Waals surface area (Å²) >= 11 is 0. The number of aliphatic imine (C=N–C) groups is 1. The van der Waals surface area contributed by atoms with Crippen LogP contribution in [0.2, 0.25) is 0 Å². The molecule has 1 N–H and O–H groups in total. The summed E-state index contributed by atoms with van der Waals surface area (Å²) in [6.45, 7) is 5.75. The van der Waals surface area contributed by atoms with Crippen molar-refractivity contribution in [2.75, 3.05) is 47.1 Å². The van der Waals surface area contributed by atoms with E-state index < -0.39 is 0 Å². The van der Waals surface area contributed by atoms with Gasteiger partial charge in [-0.1, -0.05) is 24.3 Å². The Morgan fingerprint density at radius 3 is 2.70 bits per heavy atom. The van der Waals surface area contributed by atoms with Crippen LogP contribution < -0.4 is 5.32 Å². The molecule has 2 aliphatic heterocycles. The van der Waals surface area contributed by atoms with Crippen LogP contribution >= 0.6 is 0 Å². The van der Waals surface area contributed by atoms with Crippen LogP contribution in [-0.2, 0) is 27.4 Å². The van der Waals surface area contributed by atoms with E-state index in [9.17, 15) is 0 Å². The molecule has 0 aliphatic carbocycles. The molecule has 6 nitrogen and oxygen atoms in total. The highest BCUT2D eigenvalue weighted by Gasteiger charge is 2.19. The molecule has 0 spiro atoms. The summed E-state index contributed by atoms with van der Waals surface area (Å²) in [5.74, 6) is 1.52. The molecule has 2 aliphatic rings. The van der Waals surface area contributed by atoms with Crippen molar-refractivity contribution in [2.24, 2.45) is 10.9 Å². The van der Waals surface area contributed by atoms with Gasteiger partial charge < -0.3 is 24.4 Å². The van der Waals surface area contributed by atoms with Gasteiger partial charge in [-0.25, -0.2) is 0 Å². The highest BCUT2D eigenvalue weighted by Crippen LogP contribution is 2.15. The number of hydrogen-bond donors (Lipinski definition) is 1. The zero-order chi connectivity index (χ0) is 18.9. The van der Waals surface area contributed by atoms with Crippen LogP contribution in [0.3, 0.4) is 0 Å². The van der Waals surface area contributed by atoms with E-state index in [-0.39, 0.29) is 0 Å². The minimum atomic E-state index is 0.326. The molecule has 150 valence electrons. The molecule has 0 radical (unpaired) electrons. The van der Waals surface area contributed by atoms with Gasteiger partial charge in [0, 0.05) is 52.9 Å². The Balaban J connectivity index is 1.46. The zero-order valence-electron chi connectivity index (χ0n) is 16.7.